The van der Waals surface area contributed by atoms with E-state index in [1.54, 1.807) is 25.7 Å². The van der Waals surface area contributed by atoms with E-state index in [2.05, 4.69) is 4.99 Å². The first-order valence-electron chi connectivity index (χ1n) is 9.42. The molecule has 1 fully saturated rings. The molecule has 2 rings (SSSR count). The summed E-state index contributed by atoms with van der Waals surface area (Å²) in [5.74, 6) is -1.91. The zero-order valence-electron chi connectivity index (χ0n) is 17.6. The van der Waals surface area contributed by atoms with E-state index in [0.717, 1.165) is 6.26 Å². The van der Waals surface area contributed by atoms with Crippen LogP contribution in [0.5, 0.6) is 0 Å². The van der Waals surface area contributed by atoms with Crippen LogP contribution < -0.4 is 22.1 Å². The predicted molar refractivity (Wildman–Crippen MR) is 114 cm³/mol. The molecule has 30 heavy (non-hydrogen) atoms. The summed E-state index contributed by atoms with van der Waals surface area (Å²) in [5.41, 5.74) is 16.7. The molecule has 1 saturated heterocycles. The molecule has 10 nitrogen and oxygen atoms in total. The van der Waals surface area contributed by atoms with Gasteiger partial charge in [0.25, 0.3) is 5.91 Å². The van der Waals surface area contributed by atoms with Gasteiger partial charge in [0.05, 0.1) is 28.2 Å². The molecular weight excluding hydrogens is 410 g/mol. The number of rotatable bonds is 4. The lowest BCUT2D eigenvalue weighted by molar-refractivity contribution is -0.161. The van der Waals surface area contributed by atoms with Crippen molar-refractivity contribution in [2.75, 3.05) is 17.7 Å². The number of carbonyl (C=O) groups is 2. The quantitative estimate of drug-likeness (QED) is 0.340. The SMILES string of the molecule is CC(C)(C)OC(=O)C1CCN(c2ccc(S(C)(=O)=O)cc2C(=O)N=C(N)N)C(N)C1. The molecule has 0 spiro atoms. The second-order valence-corrected chi connectivity index (χ2v) is 10.3. The number of carbonyl (C=O) groups excluding carboxylic acids is 2. The summed E-state index contributed by atoms with van der Waals surface area (Å²) in [6.07, 6.45) is 1.23. The topological polar surface area (TPSA) is 171 Å². The van der Waals surface area contributed by atoms with E-state index in [1.165, 1.54) is 18.2 Å². The number of esters is 1. The number of piperidine rings is 1. The lowest BCUT2D eigenvalue weighted by atomic mass is 9.93. The fourth-order valence-electron chi connectivity index (χ4n) is 3.24. The molecule has 1 aliphatic rings. The summed E-state index contributed by atoms with van der Waals surface area (Å²) < 4.78 is 29.3. The lowest BCUT2D eigenvalue weighted by Gasteiger charge is -2.39. The number of amides is 1. The number of ether oxygens (including phenoxy) is 1. The number of aliphatic imine (C=N–C) groups is 1. The highest BCUT2D eigenvalue weighted by Gasteiger charge is 2.34. The van der Waals surface area contributed by atoms with E-state index in [-0.39, 0.29) is 22.3 Å². The molecule has 0 aliphatic carbocycles. The number of hydrogen-bond acceptors (Lipinski definition) is 7. The third-order valence-electron chi connectivity index (χ3n) is 4.55. The second kappa shape index (κ2) is 8.60. The maximum atomic E-state index is 12.5. The smallest absolute Gasteiger partial charge is 0.309 e. The first kappa shape index (κ1) is 23.6. The van der Waals surface area contributed by atoms with Crippen molar-refractivity contribution in [3.63, 3.8) is 0 Å². The molecule has 6 N–H and O–H groups in total. The number of anilines is 1. The van der Waals surface area contributed by atoms with Gasteiger partial charge >= 0.3 is 5.97 Å². The minimum atomic E-state index is -3.56. The van der Waals surface area contributed by atoms with E-state index in [0.29, 0.717) is 25.1 Å². The molecule has 2 unspecified atom stereocenters. The van der Waals surface area contributed by atoms with Crippen molar-refractivity contribution in [1.29, 1.82) is 0 Å². The summed E-state index contributed by atoms with van der Waals surface area (Å²) in [4.78, 5) is 30.2. The van der Waals surface area contributed by atoms with E-state index in [4.69, 9.17) is 21.9 Å². The minimum Gasteiger partial charge on any atom is -0.460 e. The normalized spacial score (nSPS) is 19.8. The van der Waals surface area contributed by atoms with Crippen LogP contribution in [0, 0.1) is 5.92 Å². The molecule has 166 valence electrons. The van der Waals surface area contributed by atoms with Gasteiger partial charge in [-0.2, -0.15) is 4.99 Å². The number of guanidine groups is 1. The molecule has 0 aromatic heterocycles. The van der Waals surface area contributed by atoms with Gasteiger partial charge in [0, 0.05) is 12.8 Å². The average Bonchev–Trinajstić information content (AvgIpc) is 2.58. The van der Waals surface area contributed by atoms with Crippen LogP contribution in [0.15, 0.2) is 28.1 Å². The summed E-state index contributed by atoms with van der Waals surface area (Å²) in [6.45, 7) is 5.76. The standard InChI is InChI=1S/C19H29N5O5S/c1-19(2,3)29-17(26)11-7-8-24(15(20)9-11)14-6-5-12(30(4,27)28)10-13(14)16(25)23-18(21)22/h5-6,10-11,15H,7-9,20H2,1-4H3,(H4,21,22,23,25). The van der Waals surface area contributed by atoms with Gasteiger partial charge in [-0.25, -0.2) is 8.42 Å². The van der Waals surface area contributed by atoms with Crippen molar-refractivity contribution in [2.45, 2.75) is 50.3 Å². The van der Waals surface area contributed by atoms with Crippen LogP contribution in [-0.4, -0.2) is 50.8 Å². The molecule has 0 bridgehead atoms. The molecule has 1 amide bonds. The Labute approximate surface area is 176 Å². The van der Waals surface area contributed by atoms with Gasteiger partial charge in [-0.15, -0.1) is 0 Å². The molecule has 0 saturated carbocycles. The molecule has 1 heterocycles. The average molecular weight is 440 g/mol. The monoisotopic (exact) mass is 439 g/mol. The summed E-state index contributed by atoms with van der Waals surface area (Å²) in [6, 6.07) is 4.12. The van der Waals surface area contributed by atoms with Gasteiger partial charge < -0.3 is 26.8 Å². The van der Waals surface area contributed by atoms with Gasteiger partial charge in [-0.05, 0) is 51.8 Å². The molecular formula is C19H29N5O5S. The summed E-state index contributed by atoms with van der Waals surface area (Å²) in [5, 5.41) is 0. The first-order valence-corrected chi connectivity index (χ1v) is 11.3. The summed E-state index contributed by atoms with van der Waals surface area (Å²) in [7, 11) is -3.56. The maximum absolute atomic E-state index is 12.5. The Morgan fingerprint density at radius 3 is 2.37 bits per heavy atom. The van der Waals surface area contributed by atoms with Gasteiger partial charge in [-0.1, -0.05) is 0 Å². The van der Waals surface area contributed by atoms with Gasteiger partial charge in [-0.3, -0.25) is 9.59 Å². The van der Waals surface area contributed by atoms with Crippen molar-refractivity contribution in [1.82, 2.24) is 0 Å². The molecule has 0 radical (unpaired) electrons. The highest BCUT2D eigenvalue weighted by atomic mass is 32.2. The number of nitrogens with zero attached hydrogens (tertiary/aromatic N) is 2. The fraction of sp³-hybridized carbons (Fsp3) is 0.526. The molecule has 1 aromatic carbocycles. The van der Waals surface area contributed by atoms with Crippen molar-refractivity contribution in [2.24, 2.45) is 28.1 Å². The van der Waals surface area contributed by atoms with Crippen LogP contribution in [0.1, 0.15) is 44.0 Å². The Balaban J connectivity index is 2.36. The van der Waals surface area contributed by atoms with E-state index >= 15 is 0 Å². The summed E-state index contributed by atoms with van der Waals surface area (Å²) >= 11 is 0. The fourth-order valence-corrected chi connectivity index (χ4v) is 3.89. The van der Waals surface area contributed by atoms with Crippen LogP contribution in [0.2, 0.25) is 0 Å². The molecule has 11 heteroatoms. The predicted octanol–water partition coefficient (Wildman–Crippen LogP) is 0.347. The lowest BCUT2D eigenvalue weighted by Crippen LogP contribution is -2.50. The Kier molecular flexibility index (Phi) is 6.77. The largest absolute Gasteiger partial charge is 0.460 e. The molecule has 2 atom stereocenters. The Morgan fingerprint density at radius 1 is 1.23 bits per heavy atom. The van der Waals surface area contributed by atoms with Crippen LogP contribution in [-0.2, 0) is 19.4 Å². The maximum Gasteiger partial charge on any atom is 0.309 e. The van der Waals surface area contributed by atoms with E-state index < -0.39 is 33.5 Å². The number of benzene rings is 1. The third kappa shape index (κ3) is 5.92. The highest BCUT2D eigenvalue weighted by molar-refractivity contribution is 7.90. The van der Waals surface area contributed by atoms with Crippen molar-refractivity contribution >= 4 is 33.4 Å². The second-order valence-electron chi connectivity index (χ2n) is 8.31. The van der Waals surface area contributed by atoms with Crippen molar-refractivity contribution < 1.29 is 22.7 Å². The van der Waals surface area contributed by atoms with Gasteiger partial charge in [0.1, 0.15) is 5.60 Å². The molecule has 1 aromatic rings. The zero-order chi connectivity index (χ0) is 22.9. The van der Waals surface area contributed by atoms with E-state index in [9.17, 15) is 18.0 Å². The van der Waals surface area contributed by atoms with Crippen LogP contribution >= 0.6 is 0 Å². The minimum absolute atomic E-state index is 0.0116. The Bertz CT molecular complexity index is 964. The Hall–Kier alpha value is -2.66. The number of hydrogen-bond donors (Lipinski definition) is 3. The number of nitrogens with two attached hydrogens (primary N) is 3. The van der Waals surface area contributed by atoms with Crippen molar-refractivity contribution in [3.8, 4) is 0 Å². The van der Waals surface area contributed by atoms with Crippen LogP contribution in [0.3, 0.4) is 0 Å². The Morgan fingerprint density at radius 2 is 1.87 bits per heavy atom. The first-order chi connectivity index (χ1) is 13.7. The highest BCUT2D eigenvalue weighted by Crippen LogP contribution is 2.32. The van der Waals surface area contributed by atoms with Crippen LogP contribution in [0.4, 0.5) is 5.69 Å². The zero-order valence-corrected chi connectivity index (χ0v) is 18.4. The van der Waals surface area contributed by atoms with Crippen LogP contribution in [0.25, 0.3) is 0 Å². The van der Waals surface area contributed by atoms with Crippen molar-refractivity contribution in [3.05, 3.63) is 23.8 Å². The third-order valence-corrected chi connectivity index (χ3v) is 5.66. The van der Waals surface area contributed by atoms with E-state index in [1.807, 2.05) is 0 Å². The van der Waals surface area contributed by atoms with Gasteiger partial charge in [0.15, 0.2) is 15.8 Å². The molecule has 1 aliphatic heterocycles. The van der Waals surface area contributed by atoms with Gasteiger partial charge in [0.2, 0.25) is 0 Å². The number of sulfone groups is 1.